The van der Waals surface area contributed by atoms with Gasteiger partial charge in [-0.25, -0.2) is 0 Å². The van der Waals surface area contributed by atoms with E-state index in [1.165, 1.54) is 11.1 Å². The van der Waals surface area contributed by atoms with E-state index >= 15 is 0 Å². The molecule has 0 spiro atoms. The first-order valence-corrected chi connectivity index (χ1v) is 15.8. The SMILES string of the molecule is Cc1ccc(I(OS(=O)(=O)CC23CCC(CC2=O)C3(C)C)c2ccc(C)c(C)c2)cc1C. The van der Waals surface area contributed by atoms with Gasteiger partial charge in [0.05, 0.1) is 0 Å². The van der Waals surface area contributed by atoms with Crippen LogP contribution in [0, 0.1) is 51.6 Å². The van der Waals surface area contributed by atoms with Gasteiger partial charge < -0.3 is 0 Å². The van der Waals surface area contributed by atoms with Crippen molar-refractivity contribution in [1.82, 2.24) is 0 Å². The Bertz CT molecular complexity index is 1130. The number of ketones is 1. The van der Waals surface area contributed by atoms with Crippen molar-refractivity contribution in [2.75, 3.05) is 5.75 Å². The van der Waals surface area contributed by atoms with Gasteiger partial charge in [-0.15, -0.1) is 0 Å². The number of benzene rings is 2. The Morgan fingerprint density at radius 3 is 1.88 bits per heavy atom. The number of aryl methyl sites for hydroxylation is 4. The van der Waals surface area contributed by atoms with Crippen molar-refractivity contribution in [2.45, 2.75) is 60.8 Å². The molecule has 2 fully saturated rings. The topological polar surface area (TPSA) is 60.4 Å². The number of hydrogen-bond acceptors (Lipinski definition) is 4. The van der Waals surface area contributed by atoms with Gasteiger partial charge in [0.25, 0.3) is 0 Å². The minimum absolute atomic E-state index is 0.101. The van der Waals surface area contributed by atoms with Crippen LogP contribution in [0.2, 0.25) is 0 Å². The molecule has 4 nitrogen and oxygen atoms in total. The van der Waals surface area contributed by atoms with E-state index in [1.807, 2.05) is 38.1 Å². The Kier molecular flexibility index (Phi) is 6.13. The molecular weight excluding hydrogens is 535 g/mol. The van der Waals surface area contributed by atoms with Crippen LogP contribution >= 0.6 is 20.2 Å². The van der Waals surface area contributed by atoms with Gasteiger partial charge in [-0.1, -0.05) is 0 Å². The third kappa shape index (κ3) is 3.96. The summed E-state index contributed by atoms with van der Waals surface area (Å²) < 4.78 is 35.1. The average molecular weight is 569 g/mol. The van der Waals surface area contributed by atoms with E-state index in [-0.39, 0.29) is 22.9 Å². The Hall–Kier alpha value is -1.25. The molecule has 2 aliphatic carbocycles. The zero-order valence-electron chi connectivity index (χ0n) is 19.8. The van der Waals surface area contributed by atoms with Gasteiger partial charge in [-0.05, 0) is 0 Å². The van der Waals surface area contributed by atoms with Crippen molar-refractivity contribution < 1.29 is 15.7 Å². The first kappa shape index (κ1) is 23.9. The molecule has 0 aliphatic heterocycles. The second-order valence-electron chi connectivity index (χ2n) is 10.1. The summed E-state index contributed by atoms with van der Waals surface area (Å²) in [4.78, 5) is 12.9. The zero-order valence-corrected chi connectivity index (χ0v) is 22.8. The number of halogens is 1. The second kappa shape index (κ2) is 8.20. The van der Waals surface area contributed by atoms with E-state index in [4.69, 9.17) is 2.51 Å². The van der Waals surface area contributed by atoms with E-state index in [2.05, 4.69) is 39.8 Å². The number of carbonyl (C=O) groups is 1. The Balaban J connectivity index is 1.72. The van der Waals surface area contributed by atoms with Crippen LogP contribution < -0.4 is 0 Å². The fraction of sp³-hybridized carbons (Fsp3) is 0.500. The van der Waals surface area contributed by atoms with Crippen LogP contribution in [0.5, 0.6) is 0 Å². The van der Waals surface area contributed by atoms with Gasteiger partial charge in [0.15, 0.2) is 0 Å². The van der Waals surface area contributed by atoms with Crippen molar-refractivity contribution in [2.24, 2.45) is 16.7 Å². The van der Waals surface area contributed by atoms with Gasteiger partial charge in [0, 0.05) is 0 Å². The van der Waals surface area contributed by atoms with Crippen LogP contribution in [0.15, 0.2) is 36.4 Å². The van der Waals surface area contributed by atoms with Crippen LogP contribution in [-0.4, -0.2) is 20.0 Å². The molecule has 0 N–H and O–H groups in total. The van der Waals surface area contributed by atoms with Gasteiger partial charge in [0.2, 0.25) is 0 Å². The van der Waals surface area contributed by atoms with Crippen molar-refractivity contribution in [3.63, 3.8) is 0 Å². The van der Waals surface area contributed by atoms with Gasteiger partial charge in [-0.3, -0.25) is 0 Å². The van der Waals surface area contributed by atoms with Crippen molar-refractivity contribution in [1.29, 1.82) is 0 Å². The normalized spacial score (nSPS) is 24.8. The fourth-order valence-electron chi connectivity index (χ4n) is 5.35. The molecule has 2 bridgehead atoms. The molecule has 0 heterocycles. The second-order valence-corrected chi connectivity index (χ2v) is 16.7. The molecule has 2 aromatic rings. The quantitative estimate of drug-likeness (QED) is 0.394. The first-order chi connectivity index (χ1) is 14.9. The summed E-state index contributed by atoms with van der Waals surface area (Å²) in [5.74, 6) is 0.175. The zero-order chi connectivity index (χ0) is 23.5. The van der Waals surface area contributed by atoms with E-state index in [0.29, 0.717) is 12.8 Å². The van der Waals surface area contributed by atoms with E-state index < -0.39 is 35.8 Å². The molecule has 4 rings (SSSR count). The fourth-order valence-corrected chi connectivity index (χ4v) is 13.5. The molecule has 0 aromatic heterocycles. The third-order valence-corrected chi connectivity index (χ3v) is 15.5. The van der Waals surface area contributed by atoms with E-state index in [9.17, 15) is 13.2 Å². The molecular formula is C26H33IO4S. The summed E-state index contributed by atoms with van der Waals surface area (Å²) in [6, 6.07) is 12.2. The molecule has 6 heteroatoms. The molecule has 0 amide bonds. The molecule has 0 saturated heterocycles. The molecule has 2 aliphatic rings. The predicted molar refractivity (Wildman–Crippen MR) is 137 cm³/mol. The number of fused-ring (bicyclic) bond motifs is 2. The van der Waals surface area contributed by atoms with Crippen molar-refractivity contribution in [3.05, 3.63) is 65.8 Å². The van der Waals surface area contributed by atoms with E-state index in [0.717, 1.165) is 24.7 Å². The molecule has 0 radical (unpaired) electrons. The molecule has 2 saturated carbocycles. The summed E-state index contributed by atoms with van der Waals surface area (Å²) in [6.07, 6.45) is 2.07. The Morgan fingerprint density at radius 1 is 0.938 bits per heavy atom. The number of carbonyl (C=O) groups excluding carboxylic acids is 1. The first-order valence-electron chi connectivity index (χ1n) is 11.2. The molecule has 174 valence electrons. The number of hydrogen-bond donors (Lipinski definition) is 0. The van der Waals surface area contributed by atoms with Crippen LogP contribution in [-0.2, 0) is 17.4 Å². The summed E-state index contributed by atoms with van der Waals surface area (Å²) in [5, 5.41) is 0. The summed E-state index contributed by atoms with van der Waals surface area (Å²) in [5.41, 5.74) is 3.46. The van der Waals surface area contributed by atoms with Crippen LogP contribution in [0.4, 0.5) is 0 Å². The van der Waals surface area contributed by atoms with Crippen LogP contribution in [0.3, 0.4) is 0 Å². The summed E-state index contributed by atoms with van der Waals surface area (Å²) in [7, 11) is -3.91. The summed E-state index contributed by atoms with van der Waals surface area (Å²) in [6.45, 7) is 12.3. The van der Waals surface area contributed by atoms with Crippen LogP contribution in [0.1, 0.15) is 55.4 Å². The van der Waals surface area contributed by atoms with Gasteiger partial charge in [-0.2, -0.15) is 0 Å². The van der Waals surface area contributed by atoms with Gasteiger partial charge in [0.1, 0.15) is 0 Å². The monoisotopic (exact) mass is 568 g/mol. The molecule has 2 aromatic carbocycles. The van der Waals surface area contributed by atoms with Crippen LogP contribution in [0.25, 0.3) is 0 Å². The van der Waals surface area contributed by atoms with E-state index in [1.54, 1.807) is 0 Å². The van der Waals surface area contributed by atoms with Crippen molar-refractivity contribution >= 4 is 36.1 Å². The Morgan fingerprint density at radius 2 is 1.47 bits per heavy atom. The Labute approximate surface area is 200 Å². The maximum absolute atomic E-state index is 13.5. The third-order valence-electron chi connectivity index (χ3n) is 8.06. The minimum atomic E-state index is -3.91. The van der Waals surface area contributed by atoms with Crippen molar-refractivity contribution in [3.8, 4) is 0 Å². The average Bonchev–Trinajstić information content (AvgIpc) is 3.04. The maximum atomic E-state index is 13.5. The van der Waals surface area contributed by atoms with Gasteiger partial charge >= 0.3 is 201 Å². The standard InChI is InChI=1S/C26H33IO4S/c1-17-7-9-22(13-19(17)3)27(23-10-8-18(2)20(4)14-23)31-32(29,30)16-26-12-11-21(15-24(26)28)25(26,5)6/h7-10,13-14,21H,11-12,15-16H2,1-6H3. The number of Topliss-reactive ketones (excluding diaryl/α,β-unsaturated/α-hetero) is 1. The molecule has 32 heavy (non-hydrogen) atoms. The summed E-state index contributed by atoms with van der Waals surface area (Å²) >= 11 is -2.75. The molecule has 2 unspecified atom stereocenters. The predicted octanol–water partition coefficient (Wildman–Crippen LogP) is 6.12. The molecule has 2 atom stereocenters. The number of rotatable bonds is 6.